The van der Waals surface area contributed by atoms with Crippen molar-refractivity contribution in [3.05, 3.63) is 47.3 Å². The number of nitrogen functional groups attached to an aromatic ring is 1. The molecule has 0 bridgehead atoms. The molecule has 1 unspecified atom stereocenters. The van der Waals surface area contributed by atoms with Crippen LogP contribution in [0.1, 0.15) is 22.6 Å². The molecule has 2 aromatic rings. The van der Waals surface area contributed by atoms with E-state index in [0.29, 0.717) is 11.7 Å². The highest BCUT2D eigenvalue weighted by atomic mass is 15.0. The van der Waals surface area contributed by atoms with Gasteiger partial charge in [0.2, 0.25) is 0 Å². The normalized spacial score (nSPS) is 16.8. The standard InChI is InChI=1S/C14H16N4/c1-9-13(15)17-8-18-14(9)16-7-11-6-10-4-2-3-5-12(10)11/h2-5,8,11H,6-7H2,1H3,(H3,15,16,17,18). The van der Waals surface area contributed by atoms with Crippen molar-refractivity contribution < 1.29 is 0 Å². The summed E-state index contributed by atoms with van der Waals surface area (Å²) < 4.78 is 0. The third-order valence-electron chi connectivity index (χ3n) is 3.60. The van der Waals surface area contributed by atoms with Crippen molar-refractivity contribution in [1.82, 2.24) is 9.97 Å². The maximum atomic E-state index is 5.76. The summed E-state index contributed by atoms with van der Waals surface area (Å²) in [5, 5.41) is 3.37. The Labute approximate surface area is 106 Å². The monoisotopic (exact) mass is 240 g/mol. The van der Waals surface area contributed by atoms with E-state index < -0.39 is 0 Å². The first-order chi connectivity index (χ1) is 8.75. The SMILES string of the molecule is Cc1c(N)ncnc1NCC1Cc2ccccc21. The van der Waals surface area contributed by atoms with Crippen molar-refractivity contribution in [2.75, 3.05) is 17.6 Å². The van der Waals surface area contributed by atoms with E-state index in [1.165, 1.54) is 17.5 Å². The molecular formula is C14H16N4. The fourth-order valence-corrected chi connectivity index (χ4v) is 2.41. The summed E-state index contributed by atoms with van der Waals surface area (Å²) in [4.78, 5) is 8.19. The maximum absolute atomic E-state index is 5.76. The lowest BCUT2D eigenvalue weighted by molar-refractivity contribution is 0.634. The van der Waals surface area contributed by atoms with Gasteiger partial charge in [-0.1, -0.05) is 24.3 Å². The zero-order chi connectivity index (χ0) is 12.5. The first-order valence-electron chi connectivity index (χ1n) is 6.14. The number of fused-ring (bicyclic) bond motifs is 1. The van der Waals surface area contributed by atoms with Crippen LogP contribution in [0.4, 0.5) is 11.6 Å². The largest absolute Gasteiger partial charge is 0.383 e. The predicted molar refractivity (Wildman–Crippen MR) is 72.6 cm³/mol. The molecule has 0 saturated carbocycles. The van der Waals surface area contributed by atoms with Crippen LogP contribution in [0.25, 0.3) is 0 Å². The van der Waals surface area contributed by atoms with Gasteiger partial charge in [-0.25, -0.2) is 9.97 Å². The number of nitrogens with zero attached hydrogens (tertiary/aromatic N) is 2. The minimum absolute atomic E-state index is 0.543. The van der Waals surface area contributed by atoms with Crippen LogP contribution < -0.4 is 11.1 Å². The highest BCUT2D eigenvalue weighted by Crippen LogP contribution is 2.34. The first-order valence-corrected chi connectivity index (χ1v) is 6.14. The summed E-state index contributed by atoms with van der Waals surface area (Å²) in [5.41, 5.74) is 9.59. The molecule has 0 spiro atoms. The zero-order valence-electron chi connectivity index (χ0n) is 10.4. The molecule has 0 amide bonds. The Hall–Kier alpha value is -2.10. The fourth-order valence-electron chi connectivity index (χ4n) is 2.41. The molecule has 0 radical (unpaired) electrons. The minimum Gasteiger partial charge on any atom is -0.383 e. The van der Waals surface area contributed by atoms with Crippen molar-refractivity contribution in [2.45, 2.75) is 19.3 Å². The summed E-state index contributed by atoms with van der Waals surface area (Å²) >= 11 is 0. The van der Waals surface area contributed by atoms with Crippen LogP contribution in [0, 0.1) is 6.92 Å². The molecule has 0 aliphatic heterocycles. The second-order valence-electron chi connectivity index (χ2n) is 4.71. The molecule has 3 N–H and O–H groups in total. The number of hydrogen-bond acceptors (Lipinski definition) is 4. The lowest BCUT2D eigenvalue weighted by Gasteiger charge is -2.30. The summed E-state index contributed by atoms with van der Waals surface area (Å²) in [7, 11) is 0. The number of anilines is 2. The van der Waals surface area contributed by atoms with Crippen LogP contribution in [-0.4, -0.2) is 16.5 Å². The maximum Gasteiger partial charge on any atom is 0.134 e. The van der Waals surface area contributed by atoms with E-state index >= 15 is 0 Å². The number of nitrogens with one attached hydrogen (secondary N) is 1. The minimum atomic E-state index is 0.543. The van der Waals surface area contributed by atoms with Crippen LogP contribution in [0.3, 0.4) is 0 Å². The molecule has 92 valence electrons. The van der Waals surface area contributed by atoms with E-state index in [1.807, 2.05) is 6.92 Å². The average molecular weight is 240 g/mol. The van der Waals surface area contributed by atoms with Crippen LogP contribution in [-0.2, 0) is 6.42 Å². The van der Waals surface area contributed by atoms with E-state index in [2.05, 4.69) is 39.6 Å². The summed E-state index contributed by atoms with van der Waals surface area (Å²) in [5.74, 6) is 1.96. The fraction of sp³-hybridized carbons (Fsp3) is 0.286. The highest BCUT2D eigenvalue weighted by Gasteiger charge is 2.25. The summed E-state index contributed by atoms with van der Waals surface area (Å²) in [6.07, 6.45) is 2.64. The molecule has 4 nitrogen and oxygen atoms in total. The molecule has 18 heavy (non-hydrogen) atoms. The van der Waals surface area contributed by atoms with E-state index in [4.69, 9.17) is 5.73 Å². The lowest BCUT2D eigenvalue weighted by Crippen LogP contribution is -2.24. The third-order valence-corrected chi connectivity index (χ3v) is 3.60. The van der Waals surface area contributed by atoms with Crippen molar-refractivity contribution in [3.63, 3.8) is 0 Å². The van der Waals surface area contributed by atoms with Gasteiger partial charge in [0, 0.05) is 18.0 Å². The van der Waals surface area contributed by atoms with Crippen molar-refractivity contribution in [1.29, 1.82) is 0 Å². The van der Waals surface area contributed by atoms with E-state index in [9.17, 15) is 0 Å². The van der Waals surface area contributed by atoms with Gasteiger partial charge in [0.15, 0.2) is 0 Å². The Morgan fingerprint density at radius 1 is 1.33 bits per heavy atom. The molecule has 1 aromatic carbocycles. The van der Waals surface area contributed by atoms with E-state index in [0.717, 1.165) is 24.3 Å². The molecule has 3 rings (SSSR count). The first kappa shape index (κ1) is 11.0. The summed E-state index contributed by atoms with van der Waals surface area (Å²) in [6.45, 7) is 2.83. The van der Waals surface area contributed by atoms with Gasteiger partial charge in [-0.05, 0) is 24.5 Å². The lowest BCUT2D eigenvalue weighted by atomic mass is 9.77. The molecule has 1 atom stereocenters. The number of aromatic nitrogens is 2. The number of hydrogen-bond donors (Lipinski definition) is 2. The van der Waals surface area contributed by atoms with Crippen LogP contribution in [0.2, 0.25) is 0 Å². The van der Waals surface area contributed by atoms with Gasteiger partial charge in [-0.2, -0.15) is 0 Å². The zero-order valence-corrected chi connectivity index (χ0v) is 10.4. The Bertz CT molecular complexity index is 580. The highest BCUT2D eigenvalue weighted by molar-refractivity contribution is 5.54. The number of nitrogens with two attached hydrogens (primary N) is 1. The molecule has 4 heteroatoms. The third kappa shape index (κ3) is 1.79. The van der Waals surface area contributed by atoms with Gasteiger partial charge in [-0.3, -0.25) is 0 Å². The molecule has 1 heterocycles. The van der Waals surface area contributed by atoms with Gasteiger partial charge in [0.05, 0.1) is 0 Å². The molecule has 1 aliphatic carbocycles. The molecule has 0 fully saturated rings. The van der Waals surface area contributed by atoms with E-state index in [1.54, 1.807) is 0 Å². The van der Waals surface area contributed by atoms with Gasteiger partial charge < -0.3 is 11.1 Å². The van der Waals surface area contributed by atoms with Gasteiger partial charge in [0.1, 0.15) is 18.0 Å². The van der Waals surface area contributed by atoms with Gasteiger partial charge in [0.25, 0.3) is 0 Å². The molecule has 1 aliphatic rings. The Morgan fingerprint density at radius 3 is 3.00 bits per heavy atom. The van der Waals surface area contributed by atoms with Crippen molar-refractivity contribution in [2.24, 2.45) is 0 Å². The quantitative estimate of drug-likeness (QED) is 0.862. The number of rotatable bonds is 3. The summed E-state index contributed by atoms with van der Waals surface area (Å²) in [6, 6.07) is 8.59. The second-order valence-corrected chi connectivity index (χ2v) is 4.71. The van der Waals surface area contributed by atoms with Crippen LogP contribution >= 0.6 is 0 Å². The Balaban J connectivity index is 1.69. The molecule has 1 aromatic heterocycles. The second kappa shape index (κ2) is 4.29. The molecule has 0 saturated heterocycles. The van der Waals surface area contributed by atoms with Gasteiger partial charge in [-0.15, -0.1) is 0 Å². The van der Waals surface area contributed by atoms with Crippen molar-refractivity contribution in [3.8, 4) is 0 Å². The topological polar surface area (TPSA) is 63.8 Å². The smallest absolute Gasteiger partial charge is 0.134 e. The number of benzene rings is 1. The Morgan fingerprint density at radius 2 is 2.17 bits per heavy atom. The van der Waals surface area contributed by atoms with Crippen molar-refractivity contribution >= 4 is 11.6 Å². The van der Waals surface area contributed by atoms with E-state index in [-0.39, 0.29) is 0 Å². The van der Waals surface area contributed by atoms with Crippen LogP contribution in [0.5, 0.6) is 0 Å². The average Bonchev–Trinajstić information content (AvgIpc) is 2.35. The molecular weight excluding hydrogens is 224 g/mol. The Kier molecular flexibility index (Phi) is 2.63. The van der Waals surface area contributed by atoms with Gasteiger partial charge >= 0.3 is 0 Å². The van der Waals surface area contributed by atoms with Crippen LogP contribution in [0.15, 0.2) is 30.6 Å². The predicted octanol–water partition coefficient (Wildman–Crippen LogP) is 2.12.